The summed E-state index contributed by atoms with van der Waals surface area (Å²) in [5.74, 6) is 0.237. The first kappa shape index (κ1) is 31.0. The number of hydrogen-bond acceptors (Lipinski definition) is 9. The van der Waals surface area contributed by atoms with Crippen LogP contribution in [0.3, 0.4) is 0 Å². The quantitative estimate of drug-likeness (QED) is 0.194. The highest BCUT2D eigenvalue weighted by Crippen LogP contribution is 2.37. The Balaban J connectivity index is 1.32. The molecule has 12 heteroatoms. The number of likely N-dealkylation sites (N-methyl/N-ethyl adjacent to an activating group) is 1. The van der Waals surface area contributed by atoms with E-state index in [1.54, 1.807) is 33.8 Å². The van der Waals surface area contributed by atoms with E-state index in [0.29, 0.717) is 73.9 Å². The Morgan fingerprint density at radius 2 is 1.98 bits per heavy atom. The molecule has 0 unspecified atom stereocenters. The molecule has 2 aliphatic heterocycles. The van der Waals surface area contributed by atoms with Gasteiger partial charge in [0.15, 0.2) is 5.65 Å². The predicted octanol–water partition coefficient (Wildman–Crippen LogP) is 5.32. The van der Waals surface area contributed by atoms with Crippen LogP contribution in [0.4, 0.5) is 10.2 Å². The zero-order valence-corrected chi connectivity index (χ0v) is 26.2. The van der Waals surface area contributed by atoms with Gasteiger partial charge in [-0.05, 0) is 49.9 Å². The average Bonchev–Trinajstić information content (AvgIpc) is 3.42. The lowest BCUT2D eigenvalue weighted by Crippen LogP contribution is -2.50. The van der Waals surface area contributed by atoms with Crippen molar-refractivity contribution in [2.24, 2.45) is 5.92 Å². The van der Waals surface area contributed by atoms with E-state index in [9.17, 15) is 10.1 Å². The fourth-order valence-electron chi connectivity index (χ4n) is 6.32. The third-order valence-electron chi connectivity index (χ3n) is 8.56. The first-order valence-corrected chi connectivity index (χ1v) is 15.6. The second-order valence-corrected chi connectivity index (χ2v) is 11.9. The number of likely N-dealkylation sites (tertiary alicyclic amines) is 1. The largest absolute Gasteiger partial charge is 0.457 e. The number of anilines is 1. The van der Waals surface area contributed by atoms with Gasteiger partial charge in [0, 0.05) is 37.0 Å². The van der Waals surface area contributed by atoms with E-state index in [4.69, 9.17) is 20.3 Å². The van der Waals surface area contributed by atoms with E-state index in [0.717, 1.165) is 5.70 Å². The van der Waals surface area contributed by atoms with E-state index < -0.39 is 5.82 Å². The molecule has 2 N–H and O–H groups in total. The minimum Gasteiger partial charge on any atom is -0.457 e. The predicted molar refractivity (Wildman–Crippen MR) is 171 cm³/mol. The number of aromatic nitrogens is 4. The summed E-state index contributed by atoms with van der Waals surface area (Å²) in [6.07, 6.45) is 2.75. The fraction of sp³-hybridized carbons (Fsp3) is 0.382. The molecule has 2 aromatic carbocycles. The van der Waals surface area contributed by atoms with Gasteiger partial charge < -0.3 is 25.0 Å². The lowest BCUT2D eigenvalue weighted by molar-refractivity contribution is -0.128. The number of rotatable bonds is 9. The van der Waals surface area contributed by atoms with Gasteiger partial charge in [-0.2, -0.15) is 10.4 Å². The van der Waals surface area contributed by atoms with Crippen molar-refractivity contribution in [3.8, 4) is 28.8 Å². The first-order chi connectivity index (χ1) is 22.3. The second-order valence-electron chi connectivity index (χ2n) is 11.9. The Morgan fingerprint density at radius 1 is 1.20 bits per heavy atom. The maximum absolute atomic E-state index is 15.7. The maximum Gasteiger partial charge on any atom is 0.266 e. The highest BCUT2D eigenvalue weighted by atomic mass is 19.1. The summed E-state index contributed by atoms with van der Waals surface area (Å²) < 4.78 is 28.6. The number of nitrogens with two attached hydrogens (primary N) is 1. The van der Waals surface area contributed by atoms with Crippen LogP contribution in [0.1, 0.15) is 39.7 Å². The summed E-state index contributed by atoms with van der Waals surface area (Å²) in [4.78, 5) is 26.5. The van der Waals surface area contributed by atoms with Crippen molar-refractivity contribution in [1.29, 1.82) is 5.26 Å². The number of carbonyl (C=O) groups is 1. The number of allylic oxidation sites excluding steroid dienone is 1. The van der Waals surface area contributed by atoms with Gasteiger partial charge in [-0.3, -0.25) is 4.79 Å². The van der Waals surface area contributed by atoms with Crippen molar-refractivity contribution >= 4 is 22.8 Å². The van der Waals surface area contributed by atoms with E-state index >= 15 is 4.39 Å². The summed E-state index contributed by atoms with van der Waals surface area (Å²) in [6, 6.07) is 15.8. The molecule has 1 atom stereocenters. The number of nitrogen functional groups attached to an aromatic ring is 1. The SMILES string of the molecule is CCN(C(=C(C#N)C(=O)N1CCC[C@@H](n2nc(-c3ccc(Oc4ccccc4)cc3F)c3c(N)ncnc32)C1)C(C)C)C1COC1. The molecule has 0 spiro atoms. The molecular weight excluding hydrogens is 587 g/mol. The van der Waals surface area contributed by atoms with Gasteiger partial charge >= 0.3 is 0 Å². The van der Waals surface area contributed by atoms with Gasteiger partial charge in [0.25, 0.3) is 5.91 Å². The van der Waals surface area contributed by atoms with Gasteiger partial charge in [-0.15, -0.1) is 0 Å². The molecule has 0 saturated carbocycles. The number of nitrogens with zero attached hydrogens (tertiary/aromatic N) is 7. The molecule has 2 fully saturated rings. The number of para-hydroxylation sites is 1. The molecule has 4 aromatic rings. The van der Waals surface area contributed by atoms with Crippen molar-refractivity contribution in [3.05, 3.63) is 71.9 Å². The fourth-order valence-corrected chi connectivity index (χ4v) is 6.32. The lowest BCUT2D eigenvalue weighted by Gasteiger charge is -2.41. The number of fused-ring (bicyclic) bond motifs is 1. The minimum absolute atomic E-state index is 0.0311. The van der Waals surface area contributed by atoms with Crippen LogP contribution in [-0.2, 0) is 9.53 Å². The number of nitriles is 1. The Labute approximate surface area is 267 Å². The van der Waals surface area contributed by atoms with Gasteiger partial charge in [0.05, 0.1) is 30.7 Å². The molecule has 2 aliphatic rings. The minimum atomic E-state index is -0.536. The summed E-state index contributed by atoms with van der Waals surface area (Å²) in [5.41, 5.74) is 8.21. The van der Waals surface area contributed by atoms with E-state index in [-0.39, 0.29) is 40.9 Å². The Kier molecular flexibility index (Phi) is 8.85. The normalized spacial score (nSPS) is 17.4. The molecule has 238 valence electrons. The molecule has 2 aromatic heterocycles. The number of benzene rings is 2. The van der Waals surface area contributed by atoms with Crippen LogP contribution in [0.25, 0.3) is 22.3 Å². The van der Waals surface area contributed by atoms with Crippen molar-refractivity contribution < 1.29 is 18.7 Å². The Hall–Kier alpha value is -5.02. The monoisotopic (exact) mass is 624 g/mol. The third-order valence-corrected chi connectivity index (χ3v) is 8.56. The number of piperidine rings is 1. The standard InChI is InChI=1S/C34H37FN8O3/c1-4-42(23-18-45-19-23)31(21(2)3)27(16-36)34(44)41-14-8-9-22(17-41)43-33-29(32(37)38-20-39-33)30(40-43)26-13-12-25(15-28(26)35)46-24-10-6-5-7-11-24/h5-7,10-13,15,20-23H,4,8-9,14,17-19H2,1-3H3,(H2,37,38,39)/t22-/m1/s1. The highest BCUT2D eigenvalue weighted by Gasteiger charge is 2.35. The number of carbonyl (C=O) groups excluding carboxylic acids is 1. The molecule has 0 bridgehead atoms. The Morgan fingerprint density at radius 3 is 2.63 bits per heavy atom. The molecule has 6 rings (SSSR count). The van der Waals surface area contributed by atoms with Crippen LogP contribution in [0.2, 0.25) is 0 Å². The molecule has 2 saturated heterocycles. The summed E-state index contributed by atoms with van der Waals surface area (Å²) in [7, 11) is 0. The Bertz CT molecular complexity index is 1810. The van der Waals surface area contributed by atoms with Crippen LogP contribution in [0.15, 0.2) is 66.1 Å². The molecule has 0 aliphatic carbocycles. The van der Waals surface area contributed by atoms with E-state index in [1.807, 2.05) is 39.0 Å². The summed E-state index contributed by atoms with van der Waals surface area (Å²) >= 11 is 0. The van der Waals surface area contributed by atoms with Crippen LogP contribution in [0.5, 0.6) is 11.5 Å². The summed E-state index contributed by atoms with van der Waals surface area (Å²) in [6.45, 7) is 8.66. The smallest absolute Gasteiger partial charge is 0.266 e. The molecule has 46 heavy (non-hydrogen) atoms. The van der Waals surface area contributed by atoms with Gasteiger partial charge in [-0.1, -0.05) is 32.0 Å². The number of halogens is 1. The van der Waals surface area contributed by atoms with Crippen LogP contribution >= 0.6 is 0 Å². The number of amides is 1. The van der Waals surface area contributed by atoms with E-state index in [2.05, 4.69) is 20.9 Å². The van der Waals surface area contributed by atoms with Crippen LogP contribution in [-0.4, -0.2) is 74.3 Å². The molecule has 0 radical (unpaired) electrons. The van der Waals surface area contributed by atoms with Crippen LogP contribution < -0.4 is 10.5 Å². The van der Waals surface area contributed by atoms with Crippen molar-refractivity contribution in [1.82, 2.24) is 29.5 Å². The molecule has 4 heterocycles. The van der Waals surface area contributed by atoms with Crippen LogP contribution in [0, 0.1) is 23.1 Å². The third kappa shape index (κ3) is 5.86. The average molecular weight is 625 g/mol. The summed E-state index contributed by atoms with van der Waals surface area (Å²) in [5, 5.41) is 15.5. The van der Waals surface area contributed by atoms with Gasteiger partial charge in [0.2, 0.25) is 0 Å². The topological polar surface area (TPSA) is 135 Å². The van der Waals surface area contributed by atoms with Crippen molar-refractivity contribution in [2.75, 3.05) is 38.6 Å². The van der Waals surface area contributed by atoms with Gasteiger partial charge in [0.1, 0.15) is 46.8 Å². The van der Waals surface area contributed by atoms with Crippen molar-refractivity contribution in [3.63, 3.8) is 0 Å². The maximum atomic E-state index is 15.7. The zero-order valence-electron chi connectivity index (χ0n) is 26.2. The second kappa shape index (κ2) is 13.1. The zero-order chi connectivity index (χ0) is 32.4. The van der Waals surface area contributed by atoms with Gasteiger partial charge in [-0.25, -0.2) is 19.0 Å². The lowest BCUT2D eigenvalue weighted by atomic mass is 9.98. The molecule has 1 amide bonds. The number of ether oxygens (including phenoxy) is 2. The van der Waals surface area contributed by atoms with E-state index in [1.165, 1.54) is 12.4 Å². The highest BCUT2D eigenvalue weighted by molar-refractivity contribution is 5.99. The first-order valence-electron chi connectivity index (χ1n) is 15.6. The number of hydrogen-bond donors (Lipinski definition) is 1. The molecular formula is C34H37FN8O3. The molecule has 11 nitrogen and oxygen atoms in total. The van der Waals surface area contributed by atoms with Crippen molar-refractivity contribution in [2.45, 2.75) is 45.7 Å².